The fraction of sp³-hybridized carbons (Fsp3) is 0.214. The molecule has 1 N–H and O–H groups in total. The van der Waals surface area contributed by atoms with Crippen molar-refractivity contribution >= 4 is 22.9 Å². The number of halogens is 4. The smallest absolute Gasteiger partial charge is 0.491 e. The van der Waals surface area contributed by atoms with Gasteiger partial charge in [0.05, 0.1) is 11.5 Å². The molecule has 5 rings (SSSR count). The summed E-state index contributed by atoms with van der Waals surface area (Å²) >= 11 is 0. The fourth-order valence-electron chi connectivity index (χ4n) is 4.38. The molecule has 0 bridgehead atoms. The lowest BCUT2D eigenvalue weighted by atomic mass is 9.99. The minimum absolute atomic E-state index is 0.101. The molecule has 1 saturated heterocycles. The highest BCUT2D eigenvalue weighted by Gasteiger charge is 2.44. The number of alkyl halides is 3. The third-order valence-corrected chi connectivity index (χ3v) is 6.35. The molecule has 2 heterocycles. The SMILES string of the molecule is O=C(OC(=O)C(F)(F)F)C1CN(Cc2ccc(-c3cc4cc(Cc5ccc(O)cc5)ccc4o3)c(F)c2)C1. The molecule has 196 valence electrons. The molecule has 3 aromatic carbocycles. The molecule has 10 heteroatoms. The first-order valence-electron chi connectivity index (χ1n) is 11.7. The number of nitrogens with zero attached hydrogens (tertiary/aromatic N) is 1. The molecule has 0 unspecified atom stereocenters. The Morgan fingerprint density at radius 1 is 0.947 bits per heavy atom. The van der Waals surface area contributed by atoms with Crippen LogP contribution in [0.1, 0.15) is 16.7 Å². The second-order valence-electron chi connectivity index (χ2n) is 9.24. The number of phenols is 1. The number of rotatable bonds is 6. The summed E-state index contributed by atoms with van der Waals surface area (Å²) in [7, 11) is 0. The van der Waals surface area contributed by atoms with Crippen molar-refractivity contribution in [3.8, 4) is 17.1 Å². The molecule has 0 spiro atoms. The molecule has 0 saturated carbocycles. The summed E-state index contributed by atoms with van der Waals surface area (Å²) in [6.07, 6.45) is -4.57. The number of fused-ring (bicyclic) bond motifs is 1. The van der Waals surface area contributed by atoms with E-state index in [2.05, 4.69) is 4.74 Å². The van der Waals surface area contributed by atoms with Crippen LogP contribution in [0.4, 0.5) is 17.6 Å². The second kappa shape index (κ2) is 9.94. The molecular weight excluding hydrogens is 506 g/mol. The minimum atomic E-state index is -5.23. The zero-order valence-electron chi connectivity index (χ0n) is 19.8. The van der Waals surface area contributed by atoms with Gasteiger partial charge in [0.25, 0.3) is 0 Å². The summed E-state index contributed by atoms with van der Waals surface area (Å²) in [6.45, 7) is 0.474. The maximum Gasteiger partial charge on any atom is 0.491 e. The van der Waals surface area contributed by atoms with Gasteiger partial charge in [-0.05, 0) is 65.6 Å². The second-order valence-corrected chi connectivity index (χ2v) is 9.24. The normalized spacial score (nSPS) is 14.4. The van der Waals surface area contributed by atoms with Gasteiger partial charge in [0.15, 0.2) is 0 Å². The Kier molecular flexibility index (Phi) is 6.66. The number of carbonyl (C=O) groups excluding carboxylic acids is 2. The van der Waals surface area contributed by atoms with Crippen molar-refractivity contribution in [1.82, 2.24) is 4.90 Å². The first-order valence-corrected chi connectivity index (χ1v) is 11.7. The zero-order chi connectivity index (χ0) is 27.0. The van der Waals surface area contributed by atoms with E-state index in [1.54, 1.807) is 35.2 Å². The Balaban J connectivity index is 1.21. The summed E-state index contributed by atoms with van der Waals surface area (Å²) in [5.74, 6) is -4.53. The quantitative estimate of drug-likeness (QED) is 0.200. The largest absolute Gasteiger partial charge is 0.508 e. The molecule has 6 nitrogen and oxygen atoms in total. The molecule has 4 aromatic rings. The Hall–Kier alpha value is -4.18. The van der Waals surface area contributed by atoms with Gasteiger partial charge in [-0.15, -0.1) is 0 Å². The Morgan fingerprint density at radius 2 is 1.63 bits per heavy atom. The average molecular weight is 527 g/mol. The van der Waals surface area contributed by atoms with Crippen LogP contribution < -0.4 is 0 Å². The molecule has 1 aromatic heterocycles. The average Bonchev–Trinajstić information content (AvgIpc) is 3.25. The molecule has 0 aliphatic carbocycles. The standard InChI is InChI=1S/C28H21F4NO5/c29-23-11-18(13-33-14-20(15-33)26(35)38-27(36)28(30,31)32)3-7-22(23)25-12-19-10-17(4-8-24(19)37-25)9-16-1-5-21(34)6-2-16/h1-8,10-12,20,34H,9,13-15H2. The van der Waals surface area contributed by atoms with Crippen LogP contribution in [0.5, 0.6) is 5.75 Å². The maximum atomic E-state index is 15.0. The topological polar surface area (TPSA) is 80.0 Å². The number of esters is 2. The van der Waals surface area contributed by atoms with Crippen molar-refractivity contribution in [2.45, 2.75) is 19.1 Å². The van der Waals surface area contributed by atoms with Crippen LogP contribution in [-0.4, -0.2) is 41.2 Å². The van der Waals surface area contributed by atoms with Crippen molar-refractivity contribution < 1.29 is 41.4 Å². The predicted molar refractivity (Wildman–Crippen MR) is 128 cm³/mol. The van der Waals surface area contributed by atoms with E-state index in [-0.39, 0.29) is 30.9 Å². The lowest BCUT2D eigenvalue weighted by molar-refractivity contribution is -0.204. The van der Waals surface area contributed by atoms with Gasteiger partial charge in [-0.1, -0.05) is 24.3 Å². The van der Waals surface area contributed by atoms with E-state index < -0.39 is 29.9 Å². The highest BCUT2D eigenvalue weighted by atomic mass is 19.4. The number of benzene rings is 3. The van der Waals surface area contributed by atoms with Gasteiger partial charge in [0, 0.05) is 25.0 Å². The summed E-state index contributed by atoms with van der Waals surface area (Å²) in [5.41, 5.74) is 3.57. The van der Waals surface area contributed by atoms with Gasteiger partial charge >= 0.3 is 18.1 Å². The van der Waals surface area contributed by atoms with E-state index in [1.165, 1.54) is 6.07 Å². The number of hydrogen-bond acceptors (Lipinski definition) is 6. The van der Waals surface area contributed by atoms with Crippen LogP contribution in [0, 0.1) is 11.7 Å². The predicted octanol–water partition coefficient (Wildman–Crippen LogP) is 5.60. The number of phenolic OH excluding ortho intramolecular Hbond substituents is 1. The van der Waals surface area contributed by atoms with Crippen molar-refractivity contribution in [2.24, 2.45) is 5.92 Å². The first-order chi connectivity index (χ1) is 18.0. The van der Waals surface area contributed by atoms with Gasteiger partial charge in [0.1, 0.15) is 22.9 Å². The summed E-state index contributed by atoms with van der Waals surface area (Å²) < 4.78 is 61.4. The number of aromatic hydroxyl groups is 1. The number of carbonyl (C=O) groups is 2. The van der Waals surface area contributed by atoms with Crippen LogP contribution in [-0.2, 0) is 27.3 Å². The van der Waals surface area contributed by atoms with E-state index in [0.29, 0.717) is 23.3 Å². The minimum Gasteiger partial charge on any atom is -0.508 e. The number of likely N-dealkylation sites (tertiary alicyclic amines) is 1. The van der Waals surface area contributed by atoms with E-state index in [1.807, 2.05) is 30.3 Å². The van der Waals surface area contributed by atoms with E-state index in [4.69, 9.17) is 4.42 Å². The molecule has 0 amide bonds. The summed E-state index contributed by atoms with van der Waals surface area (Å²) in [4.78, 5) is 24.2. The van der Waals surface area contributed by atoms with Crippen molar-refractivity contribution in [2.75, 3.05) is 13.1 Å². The monoisotopic (exact) mass is 527 g/mol. The lowest BCUT2D eigenvalue weighted by Crippen LogP contribution is -2.51. The molecule has 1 fully saturated rings. The number of furan rings is 1. The molecule has 38 heavy (non-hydrogen) atoms. The lowest BCUT2D eigenvalue weighted by Gasteiger charge is -2.37. The van der Waals surface area contributed by atoms with Gasteiger partial charge in [-0.2, -0.15) is 13.2 Å². The van der Waals surface area contributed by atoms with E-state index >= 15 is 0 Å². The van der Waals surface area contributed by atoms with E-state index in [9.17, 15) is 32.3 Å². The van der Waals surface area contributed by atoms with Crippen LogP contribution in [0.25, 0.3) is 22.3 Å². The van der Waals surface area contributed by atoms with Crippen LogP contribution in [0.15, 0.2) is 71.1 Å². The number of ether oxygens (including phenoxy) is 1. The Bertz CT molecular complexity index is 1500. The van der Waals surface area contributed by atoms with Crippen LogP contribution >= 0.6 is 0 Å². The third-order valence-electron chi connectivity index (χ3n) is 6.35. The highest BCUT2D eigenvalue weighted by Crippen LogP contribution is 2.32. The molecular formula is C28H21F4NO5. The van der Waals surface area contributed by atoms with Crippen molar-refractivity contribution in [3.63, 3.8) is 0 Å². The third kappa shape index (κ3) is 5.55. The van der Waals surface area contributed by atoms with Gasteiger partial charge < -0.3 is 14.3 Å². The fourth-order valence-corrected chi connectivity index (χ4v) is 4.38. The van der Waals surface area contributed by atoms with Crippen LogP contribution in [0.2, 0.25) is 0 Å². The molecule has 1 aliphatic heterocycles. The number of hydrogen-bond donors (Lipinski definition) is 1. The Morgan fingerprint density at radius 3 is 2.32 bits per heavy atom. The van der Waals surface area contributed by atoms with Crippen molar-refractivity contribution in [3.05, 3.63) is 89.2 Å². The van der Waals surface area contributed by atoms with Gasteiger partial charge in [-0.25, -0.2) is 9.18 Å². The van der Waals surface area contributed by atoms with Gasteiger partial charge in [0.2, 0.25) is 0 Å². The highest BCUT2D eigenvalue weighted by molar-refractivity contribution is 5.90. The molecule has 1 aliphatic rings. The summed E-state index contributed by atoms with van der Waals surface area (Å²) in [5, 5.41) is 10.3. The molecule has 0 radical (unpaired) electrons. The van der Waals surface area contributed by atoms with E-state index in [0.717, 1.165) is 16.5 Å². The first kappa shape index (κ1) is 25.5. The van der Waals surface area contributed by atoms with Crippen molar-refractivity contribution in [1.29, 1.82) is 0 Å². The van der Waals surface area contributed by atoms with Crippen LogP contribution in [0.3, 0.4) is 0 Å². The summed E-state index contributed by atoms with van der Waals surface area (Å²) in [6, 6.07) is 19.1. The Labute approximate surface area is 214 Å². The maximum absolute atomic E-state index is 15.0. The molecule has 0 atom stereocenters. The zero-order valence-corrected chi connectivity index (χ0v) is 19.8. The van der Waals surface area contributed by atoms with Gasteiger partial charge in [-0.3, -0.25) is 9.69 Å².